The Morgan fingerprint density at radius 1 is 1.00 bits per heavy atom. The molecule has 1 aromatic rings. The van der Waals surface area contributed by atoms with Gasteiger partial charge in [-0.3, -0.25) is 14.6 Å². The number of aromatic nitrogens is 1. The first-order chi connectivity index (χ1) is 12.7. The lowest BCUT2D eigenvalue weighted by Crippen LogP contribution is -2.38. The van der Waals surface area contributed by atoms with E-state index in [-0.39, 0.29) is 49.8 Å². The molecular weight excluding hydrogens is 403 g/mol. The van der Waals surface area contributed by atoms with Gasteiger partial charge < -0.3 is 20.7 Å². The van der Waals surface area contributed by atoms with Crippen molar-refractivity contribution in [3.8, 4) is 0 Å². The molecule has 1 fully saturated rings. The maximum Gasteiger partial charge on any atom is 0.246 e. The van der Waals surface area contributed by atoms with Gasteiger partial charge in [0.1, 0.15) is 13.2 Å². The summed E-state index contributed by atoms with van der Waals surface area (Å²) >= 11 is 0. The van der Waals surface area contributed by atoms with Crippen molar-refractivity contribution >= 4 is 36.6 Å². The van der Waals surface area contributed by atoms with Crippen molar-refractivity contribution in [3.05, 3.63) is 30.1 Å². The van der Waals surface area contributed by atoms with E-state index in [2.05, 4.69) is 20.9 Å². The first-order valence-corrected chi connectivity index (χ1v) is 9.47. The summed E-state index contributed by atoms with van der Waals surface area (Å²) in [6, 6.07) is 4.27. The van der Waals surface area contributed by atoms with E-state index in [9.17, 15) is 9.59 Å². The quantitative estimate of drug-likeness (QED) is 0.386. The summed E-state index contributed by atoms with van der Waals surface area (Å²) in [4.78, 5) is 27.3. The van der Waals surface area contributed by atoms with Crippen LogP contribution in [0.5, 0.6) is 0 Å². The molecule has 0 aromatic carbocycles. The molecule has 0 bridgehead atoms. The Morgan fingerprint density at radius 2 is 1.68 bits per heavy atom. The number of nitrogens with zero attached hydrogens (tertiary/aromatic N) is 1. The average molecular weight is 435 g/mol. The molecule has 7 nitrogen and oxygen atoms in total. The number of carbonyl (C=O) groups excluding carboxylic acids is 2. The maximum absolute atomic E-state index is 11.7. The third kappa shape index (κ3) is 12.1. The molecule has 1 aliphatic carbocycles. The molecule has 2 amide bonds. The molecule has 28 heavy (non-hydrogen) atoms. The summed E-state index contributed by atoms with van der Waals surface area (Å²) in [7, 11) is 0. The van der Waals surface area contributed by atoms with Crippen molar-refractivity contribution in [1.29, 1.82) is 0 Å². The highest BCUT2D eigenvalue weighted by atomic mass is 35.5. The molecule has 160 valence electrons. The topological polar surface area (TPSA) is 92.4 Å². The summed E-state index contributed by atoms with van der Waals surface area (Å²) in [6.07, 6.45) is 11.1. The molecule has 0 aliphatic heterocycles. The highest BCUT2D eigenvalue weighted by molar-refractivity contribution is 5.85. The second-order valence-electron chi connectivity index (χ2n) is 6.62. The van der Waals surface area contributed by atoms with E-state index in [1.807, 2.05) is 12.1 Å². The molecular formula is C19H32Cl2N4O3. The normalized spacial score (nSPS) is 14.1. The zero-order valence-corrected chi connectivity index (χ0v) is 17.8. The largest absolute Gasteiger partial charge is 0.362 e. The van der Waals surface area contributed by atoms with Gasteiger partial charge in [-0.1, -0.05) is 31.7 Å². The van der Waals surface area contributed by atoms with Crippen molar-refractivity contribution < 1.29 is 14.3 Å². The predicted octanol–water partition coefficient (Wildman–Crippen LogP) is 1.99. The van der Waals surface area contributed by atoms with Crippen LogP contribution in [0.2, 0.25) is 0 Å². The third-order valence-electron chi connectivity index (χ3n) is 4.41. The van der Waals surface area contributed by atoms with Crippen LogP contribution in [0.3, 0.4) is 0 Å². The van der Waals surface area contributed by atoms with E-state index in [1.165, 1.54) is 38.5 Å². The number of carbonyl (C=O) groups is 2. The second kappa shape index (κ2) is 16.5. The van der Waals surface area contributed by atoms with Crippen LogP contribution in [0, 0.1) is 0 Å². The highest BCUT2D eigenvalue weighted by Gasteiger charge is 2.11. The Hall–Kier alpha value is -1.41. The number of pyridine rings is 1. The Kier molecular flexibility index (Phi) is 15.7. The van der Waals surface area contributed by atoms with Gasteiger partial charge in [-0.2, -0.15) is 0 Å². The third-order valence-corrected chi connectivity index (χ3v) is 4.41. The summed E-state index contributed by atoms with van der Waals surface area (Å²) in [6.45, 7) is 1.50. The molecule has 1 heterocycles. The van der Waals surface area contributed by atoms with Crippen LogP contribution in [0.25, 0.3) is 0 Å². The lowest BCUT2D eigenvalue weighted by atomic mass is 10.1. The molecule has 0 saturated heterocycles. The van der Waals surface area contributed by atoms with Crippen molar-refractivity contribution in [1.82, 2.24) is 20.9 Å². The first kappa shape index (κ1) is 26.6. The number of hydrogen-bond donors (Lipinski definition) is 3. The van der Waals surface area contributed by atoms with Crippen LogP contribution >= 0.6 is 24.8 Å². The molecule has 9 heteroatoms. The zero-order chi connectivity index (χ0) is 18.5. The first-order valence-electron chi connectivity index (χ1n) is 9.47. The average Bonchev–Trinajstić information content (AvgIpc) is 2.93. The predicted molar refractivity (Wildman–Crippen MR) is 114 cm³/mol. The fraction of sp³-hybridized carbons (Fsp3) is 0.632. The zero-order valence-electron chi connectivity index (χ0n) is 16.2. The molecule has 1 saturated carbocycles. The van der Waals surface area contributed by atoms with Crippen LogP contribution < -0.4 is 16.0 Å². The minimum atomic E-state index is -0.253. The number of rotatable bonds is 10. The SMILES string of the molecule is Cl.Cl.O=C(COCC(=O)NCc1cccnc1)NCCNC1CCCCCC1. The highest BCUT2D eigenvalue weighted by Crippen LogP contribution is 2.16. The number of amides is 2. The Morgan fingerprint density at radius 3 is 2.32 bits per heavy atom. The second-order valence-corrected chi connectivity index (χ2v) is 6.62. The molecule has 0 atom stereocenters. The van der Waals surface area contributed by atoms with E-state index in [1.54, 1.807) is 12.4 Å². The van der Waals surface area contributed by atoms with E-state index in [0.29, 0.717) is 19.1 Å². The lowest BCUT2D eigenvalue weighted by Gasteiger charge is -2.16. The van der Waals surface area contributed by atoms with Gasteiger partial charge in [-0.15, -0.1) is 24.8 Å². The molecule has 1 aromatic heterocycles. The number of hydrogen-bond acceptors (Lipinski definition) is 5. The van der Waals surface area contributed by atoms with Crippen LogP contribution in [0.1, 0.15) is 44.1 Å². The van der Waals surface area contributed by atoms with E-state index in [4.69, 9.17) is 4.74 Å². The van der Waals surface area contributed by atoms with Crippen molar-refractivity contribution in [2.24, 2.45) is 0 Å². The van der Waals surface area contributed by atoms with Crippen molar-refractivity contribution in [2.75, 3.05) is 26.3 Å². The minimum absolute atomic E-state index is 0. The lowest BCUT2D eigenvalue weighted by molar-refractivity contribution is -0.131. The van der Waals surface area contributed by atoms with Crippen molar-refractivity contribution in [2.45, 2.75) is 51.1 Å². The fourth-order valence-corrected chi connectivity index (χ4v) is 3.00. The molecule has 0 unspecified atom stereocenters. The summed E-state index contributed by atoms with van der Waals surface area (Å²) in [5.74, 6) is -0.454. The van der Waals surface area contributed by atoms with Crippen LogP contribution in [-0.2, 0) is 20.9 Å². The van der Waals surface area contributed by atoms with Crippen molar-refractivity contribution in [3.63, 3.8) is 0 Å². The van der Waals surface area contributed by atoms with Gasteiger partial charge in [0.25, 0.3) is 0 Å². The van der Waals surface area contributed by atoms with Crippen LogP contribution in [0.4, 0.5) is 0 Å². The summed E-state index contributed by atoms with van der Waals surface area (Å²) in [5, 5.41) is 9.02. The maximum atomic E-state index is 11.7. The van der Waals surface area contributed by atoms with Crippen LogP contribution in [0.15, 0.2) is 24.5 Å². The van der Waals surface area contributed by atoms with Crippen LogP contribution in [-0.4, -0.2) is 49.1 Å². The van der Waals surface area contributed by atoms with E-state index in [0.717, 1.165) is 12.1 Å². The Labute approximate surface area is 179 Å². The fourth-order valence-electron chi connectivity index (χ4n) is 3.00. The Balaban J connectivity index is 0.00000364. The number of halogens is 2. The van der Waals surface area contributed by atoms with Gasteiger partial charge >= 0.3 is 0 Å². The monoisotopic (exact) mass is 434 g/mol. The minimum Gasteiger partial charge on any atom is -0.362 e. The van der Waals surface area contributed by atoms with Gasteiger partial charge in [0.15, 0.2) is 0 Å². The molecule has 1 aliphatic rings. The smallest absolute Gasteiger partial charge is 0.246 e. The van der Waals surface area contributed by atoms with Gasteiger partial charge in [0.2, 0.25) is 11.8 Å². The summed E-state index contributed by atoms with van der Waals surface area (Å²) < 4.78 is 5.15. The standard InChI is InChI=1S/C19H30N4O3.2ClH/c24-18(22-11-10-21-17-7-3-1-2-4-8-17)14-26-15-19(25)23-13-16-6-5-9-20-12-16;;/h5-6,9,12,17,21H,1-4,7-8,10-11,13-15H2,(H,22,24)(H,23,25);2*1H. The van der Waals surface area contributed by atoms with Gasteiger partial charge in [-0.05, 0) is 24.5 Å². The molecule has 3 N–H and O–H groups in total. The van der Waals surface area contributed by atoms with Gasteiger partial charge in [0.05, 0.1) is 0 Å². The molecule has 2 rings (SSSR count). The number of nitrogens with one attached hydrogen (secondary N) is 3. The Bertz CT molecular complexity index is 541. The van der Waals surface area contributed by atoms with Gasteiger partial charge in [-0.25, -0.2) is 0 Å². The molecule has 0 radical (unpaired) electrons. The van der Waals surface area contributed by atoms with Gasteiger partial charge in [0, 0.05) is 38.1 Å². The summed E-state index contributed by atoms with van der Waals surface area (Å²) in [5.41, 5.74) is 0.916. The number of ether oxygens (including phenoxy) is 1. The molecule has 0 spiro atoms. The van der Waals surface area contributed by atoms with E-state index >= 15 is 0 Å². The van der Waals surface area contributed by atoms with E-state index < -0.39 is 0 Å².